The highest BCUT2D eigenvalue weighted by atomic mass is 32.2. The van der Waals surface area contributed by atoms with Crippen LogP contribution < -0.4 is 4.90 Å². The van der Waals surface area contributed by atoms with Crippen molar-refractivity contribution in [1.82, 2.24) is 14.2 Å². The maximum Gasteiger partial charge on any atom is 0.253 e. The molecule has 0 saturated carbocycles. The van der Waals surface area contributed by atoms with Crippen molar-refractivity contribution in [2.75, 3.05) is 37.6 Å². The van der Waals surface area contributed by atoms with Gasteiger partial charge in [0.1, 0.15) is 11.3 Å². The van der Waals surface area contributed by atoms with Crippen LogP contribution in [0.25, 0.3) is 10.2 Å². The summed E-state index contributed by atoms with van der Waals surface area (Å²) in [6.45, 7) is 4.72. The Hall–Kier alpha value is -2.56. The summed E-state index contributed by atoms with van der Waals surface area (Å²) in [5.41, 5.74) is 0.858. The maximum absolute atomic E-state index is 14.0. The van der Waals surface area contributed by atoms with Gasteiger partial charge in [-0.3, -0.25) is 4.79 Å². The number of rotatable bonds is 4. The standard InChI is InChI=1S/C24H27FN4O3S2/c1-17-5-2-3-12-29(17)34(31,32)19-10-8-18(9-11-19)23(30)27-13-15-28(16-14-27)24-26-22-20(25)6-4-7-21(22)33-24/h4,6-11,17H,2-3,5,12-16H2,1H3. The van der Waals surface area contributed by atoms with E-state index >= 15 is 0 Å². The molecule has 0 bridgehead atoms. The number of hydrogen-bond donors (Lipinski definition) is 0. The van der Waals surface area contributed by atoms with Crippen molar-refractivity contribution in [3.05, 3.63) is 53.8 Å². The van der Waals surface area contributed by atoms with Gasteiger partial charge in [0.15, 0.2) is 5.13 Å². The van der Waals surface area contributed by atoms with Crippen molar-refractivity contribution in [2.45, 2.75) is 37.1 Å². The van der Waals surface area contributed by atoms with E-state index in [0.29, 0.717) is 43.8 Å². The minimum Gasteiger partial charge on any atom is -0.345 e. The molecule has 2 saturated heterocycles. The third-order valence-corrected chi connectivity index (χ3v) is 9.75. The van der Waals surface area contributed by atoms with Crippen LogP contribution in [0.2, 0.25) is 0 Å². The fourth-order valence-corrected chi connectivity index (χ4v) is 7.39. The molecule has 0 spiro atoms. The fourth-order valence-electron chi connectivity index (χ4n) is 4.66. The predicted molar refractivity (Wildman–Crippen MR) is 131 cm³/mol. The van der Waals surface area contributed by atoms with Gasteiger partial charge in [0.2, 0.25) is 10.0 Å². The average Bonchev–Trinajstić information content (AvgIpc) is 3.30. The van der Waals surface area contributed by atoms with Gasteiger partial charge in [-0.05, 0) is 56.2 Å². The number of sulfonamides is 1. The van der Waals surface area contributed by atoms with Crippen molar-refractivity contribution in [2.24, 2.45) is 0 Å². The first-order chi connectivity index (χ1) is 16.3. The highest BCUT2D eigenvalue weighted by molar-refractivity contribution is 7.89. The van der Waals surface area contributed by atoms with Crippen molar-refractivity contribution >= 4 is 42.6 Å². The second-order valence-electron chi connectivity index (χ2n) is 8.85. The molecule has 10 heteroatoms. The lowest BCUT2D eigenvalue weighted by molar-refractivity contribution is 0.0746. The zero-order valence-electron chi connectivity index (χ0n) is 19.0. The molecule has 180 valence electrons. The number of piperazine rings is 1. The summed E-state index contributed by atoms with van der Waals surface area (Å²) in [7, 11) is -3.56. The fraction of sp³-hybridized carbons (Fsp3) is 0.417. The second-order valence-corrected chi connectivity index (χ2v) is 11.7. The van der Waals surface area contributed by atoms with Crippen LogP contribution in [0.4, 0.5) is 9.52 Å². The second kappa shape index (κ2) is 9.24. The van der Waals surface area contributed by atoms with Crippen LogP contribution >= 0.6 is 11.3 Å². The van der Waals surface area contributed by atoms with Gasteiger partial charge in [0.05, 0.1) is 9.60 Å². The lowest BCUT2D eigenvalue weighted by Gasteiger charge is -2.34. The van der Waals surface area contributed by atoms with Gasteiger partial charge in [0.25, 0.3) is 5.91 Å². The Morgan fingerprint density at radius 2 is 1.76 bits per heavy atom. The zero-order chi connectivity index (χ0) is 23.9. The number of carbonyl (C=O) groups excluding carboxylic acids is 1. The molecule has 2 fully saturated rings. The van der Waals surface area contributed by atoms with E-state index in [1.165, 1.54) is 29.5 Å². The molecular formula is C24H27FN4O3S2. The lowest BCUT2D eigenvalue weighted by atomic mass is 10.1. The van der Waals surface area contributed by atoms with E-state index in [-0.39, 0.29) is 22.7 Å². The lowest BCUT2D eigenvalue weighted by Crippen LogP contribution is -2.48. The van der Waals surface area contributed by atoms with E-state index in [9.17, 15) is 17.6 Å². The Morgan fingerprint density at radius 1 is 1.03 bits per heavy atom. The summed E-state index contributed by atoms with van der Waals surface area (Å²) in [5, 5.41) is 0.758. The number of thiazole rings is 1. The van der Waals surface area contributed by atoms with Crippen molar-refractivity contribution in [1.29, 1.82) is 0 Å². The number of para-hydroxylation sites is 1. The molecule has 1 aromatic heterocycles. The van der Waals surface area contributed by atoms with Gasteiger partial charge < -0.3 is 9.80 Å². The van der Waals surface area contributed by atoms with Crippen molar-refractivity contribution in [3.63, 3.8) is 0 Å². The van der Waals surface area contributed by atoms with Crippen LogP contribution in [0.1, 0.15) is 36.5 Å². The molecule has 1 amide bonds. The number of fused-ring (bicyclic) bond motifs is 1. The molecule has 0 radical (unpaired) electrons. The monoisotopic (exact) mass is 502 g/mol. The van der Waals surface area contributed by atoms with Gasteiger partial charge in [-0.1, -0.05) is 23.8 Å². The van der Waals surface area contributed by atoms with Crippen LogP contribution in [-0.2, 0) is 10.0 Å². The Bertz CT molecular complexity index is 1300. The van der Waals surface area contributed by atoms with Crippen LogP contribution in [0.3, 0.4) is 0 Å². The third kappa shape index (κ3) is 4.30. The van der Waals surface area contributed by atoms with E-state index in [1.807, 2.05) is 13.0 Å². The Kier molecular flexibility index (Phi) is 6.30. The van der Waals surface area contributed by atoms with Gasteiger partial charge in [-0.15, -0.1) is 0 Å². The first kappa shape index (κ1) is 23.2. The number of carbonyl (C=O) groups is 1. The number of hydrogen-bond acceptors (Lipinski definition) is 6. The van der Waals surface area contributed by atoms with Crippen LogP contribution in [0.5, 0.6) is 0 Å². The third-order valence-electron chi connectivity index (χ3n) is 6.65. The van der Waals surface area contributed by atoms with E-state index in [4.69, 9.17) is 0 Å². The van der Waals surface area contributed by atoms with E-state index in [0.717, 1.165) is 29.1 Å². The summed E-state index contributed by atoms with van der Waals surface area (Å²) in [6.07, 6.45) is 2.79. The number of piperidine rings is 1. The van der Waals surface area contributed by atoms with Crippen LogP contribution in [0, 0.1) is 5.82 Å². The molecule has 0 aliphatic carbocycles. The smallest absolute Gasteiger partial charge is 0.253 e. The van der Waals surface area contributed by atoms with E-state index in [2.05, 4.69) is 9.88 Å². The first-order valence-corrected chi connectivity index (χ1v) is 13.8. The minimum atomic E-state index is -3.56. The SMILES string of the molecule is CC1CCCCN1S(=O)(=O)c1ccc(C(=O)N2CCN(c3nc4c(F)cccc4s3)CC2)cc1. The summed E-state index contributed by atoms with van der Waals surface area (Å²) in [5.74, 6) is -0.445. The molecule has 0 N–H and O–H groups in total. The maximum atomic E-state index is 14.0. The molecule has 5 rings (SSSR count). The molecule has 34 heavy (non-hydrogen) atoms. The predicted octanol–water partition coefficient (Wildman–Crippen LogP) is 3.96. The molecule has 1 unspecified atom stereocenters. The van der Waals surface area contributed by atoms with Gasteiger partial charge in [0, 0.05) is 44.3 Å². The number of anilines is 1. The Morgan fingerprint density at radius 3 is 2.44 bits per heavy atom. The number of benzene rings is 2. The molecule has 7 nitrogen and oxygen atoms in total. The van der Waals surface area contributed by atoms with Crippen LogP contribution in [0.15, 0.2) is 47.4 Å². The Labute approximate surface area is 202 Å². The molecule has 3 aromatic rings. The number of halogens is 1. The topological polar surface area (TPSA) is 73.8 Å². The summed E-state index contributed by atoms with van der Waals surface area (Å²) in [6, 6.07) is 11.2. The number of aromatic nitrogens is 1. The minimum absolute atomic E-state index is 0.0109. The van der Waals surface area contributed by atoms with Crippen molar-refractivity contribution < 1.29 is 17.6 Å². The number of amides is 1. The normalized spacial score (nSPS) is 20.1. The largest absolute Gasteiger partial charge is 0.345 e. The van der Waals surface area contributed by atoms with E-state index < -0.39 is 10.0 Å². The van der Waals surface area contributed by atoms with E-state index in [1.54, 1.807) is 27.4 Å². The zero-order valence-corrected chi connectivity index (χ0v) is 20.6. The average molecular weight is 503 g/mol. The molecule has 2 aliphatic heterocycles. The van der Waals surface area contributed by atoms with Gasteiger partial charge in [-0.25, -0.2) is 17.8 Å². The van der Waals surface area contributed by atoms with Crippen molar-refractivity contribution in [3.8, 4) is 0 Å². The van der Waals surface area contributed by atoms with Gasteiger partial charge in [-0.2, -0.15) is 4.31 Å². The number of nitrogens with zero attached hydrogens (tertiary/aromatic N) is 4. The van der Waals surface area contributed by atoms with Gasteiger partial charge >= 0.3 is 0 Å². The molecule has 2 aliphatic rings. The molecule has 2 aromatic carbocycles. The summed E-state index contributed by atoms with van der Waals surface area (Å²) >= 11 is 1.45. The first-order valence-electron chi connectivity index (χ1n) is 11.6. The Balaban J connectivity index is 1.24. The molecular weight excluding hydrogens is 475 g/mol. The summed E-state index contributed by atoms with van der Waals surface area (Å²) < 4.78 is 42.4. The van der Waals surface area contributed by atoms with Crippen LogP contribution in [-0.4, -0.2) is 67.3 Å². The summed E-state index contributed by atoms with van der Waals surface area (Å²) in [4.78, 5) is 21.5. The molecule has 1 atom stereocenters. The highest BCUT2D eigenvalue weighted by Gasteiger charge is 2.31. The highest BCUT2D eigenvalue weighted by Crippen LogP contribution is 2.31. The quantitative estimate of drug-likeness (QED) is 0.540. The molecule has 3 heterocycles.